The van der Waals surface area contributed by atoms with Gasteiger partial charge in [0.05, 0.1) is 11.4 Å². The number of nitrogens with zero attached hydrogens (tertiary/aromatic N) is 2. The van der Waals surface area contributed by atoms with Crippen molar-refractivity contribution < 1.29 is 19.1 Å². The van der Waals surface area contributed by atoms with Crippen LogP contribution in [0.25, 0.3) is 6.08 Å². The quantitative estimate of drug-likeness (QED) is 0.222. The van der Waals surface area contributed by atoms with Gasteiger partial charge in [-0.25, -0.2) is 0 Å². The van der Waals surface area contributed by atoms with Crippen molar-refractivity contribution in [2.45, 2.75) is 20.5 Å². The highest BCUT2D eigenvalue weighted by Crippen LogP contribution is 2.36. The third kappa shape index (κ3) is 6.84. The van der Waals surface area contributed by atoms with E-state index in [1.165, 1.54) is 4.90 Å². The van der Waals surface area contributed by atoms with Crippen molar-refractivity contribution in [1.82, 2.24) is 4.90 Å². The van der Waals surface area contributed by atoms with Gasteiger partial charge in [-0.2, -0.15) is 0 Å². The highest BCUT2D eigenvalue weighted by molar-refractivity contribution is 8.18. The molecule has 0 bridgehead atoms. The average molecular weight is 572 g/mol. The summed E-state index contributed by atoms with van der Waals surface area (Å²) >= 11 is 13.3. The van der Waals surface area contributed by atoms with E-state index >= 15 is 0 Å². The van der Waals surface area contributed by atoms with Gasteiger partial charge in [-0.3, -0.25) is 14.5 Å². The molecule has 1 heterocycles. The number of rotatable bonds is 11. The predicted molar refractivity (Wildman–Crippen MR) is 155 cm³/mol. The van der Waals surface area contributed by atoms with E-state index < -0.39 is 0 Å². The molecule has 1 aliphatic heterocycles. The maximum Gasteiger partial charge on any atom is 0.293 e. The lowest BCUT2D eigenvalue weighted by atomic mass is 10.1. The molecule has 198 valence electrons. The van der Waals surface area contributed by atoms with Gasteiger partial charge in [-0.1, -0.05) is 47.5 Å². The lowest BCUT2D eigenvalue weighted by Crippen LogP contribution is -2.32. The van der Waals surface area contributed by atoms with Gasteiger partial charge in [0.2, 0.25) is 0 Å². The number of carbonyl (C=O) groups is 2. The summed E-state index contributed by atoms with van der Waals surface area (Å²) in [6.45, 7) is 6.44. The van der Waals surface area contributed by atoms with Crippen LogP contribution in [-0.2, 0) is 11.4 Å². The maximum absolute atomic E-state index is 13.1. The van der Waals surface area contributed by atoms with E-state index in [0.717, 1.165) is 36.1 Å². The molecule has 1 aliphatic rings. The van der Waals surface area contributed by atoms with Gasteiger partial charge >= 0.3 is 0 Å². The molecule has 1 saturated heterocycles. The summed E-state index contributed by atoms with van der Waals surface area (Å²) in [4.78, 5) is 29.4. The Morgan fingerprint density at radius 1 is 0.947 bits per heavy atom. The van der Waals surface area contributed by atoms with Crippen molar-refractivity contribution in [3.05, 3.63) is 92.8 Å². The van der Waals surface area contributed by atoms with Crippen molar-refractivity contribution in [1.29, 1.82) is 0 Å². The Morgan fingerprint density at radius 2 is 1.71 bits per heavy atom. The molecular formula is C29H28Cl2N2O4S. The summed E-state index contributed by atoms with van der Waals surface area (Å²) < 4.78 is 11.9. The number of hydrogen-bond acceptors (Lipinski definition) is 6. The van der Waals surface area contributed by atoms with Crippen molar-refractivity contribution in [2.75, 3.05) is 31.1 Å². The predicted octanol–water partition coefficient (Wildman–Crippen LogP) is 7.53. The van der Waals surface area contributed by atoms with Crippen LogP contribution >= 0.6 is 35.0 Å². The van der Waals surface area contributed by atoms with E-state index in [1.54, 1.807) is 18.2 Å². The Kier molecular flexibility index (Phi) is 9.61. The number of ether oxygens (including phenoxy) is 2. The Labute approximate surface area is 237 Å². The smallest absolute Gasteiger partial charge is 0.293 e. The molecule has 3 aromatic carbocycles. The lowest BCUT2D eigenvalue weighted by molar-refractivity contribution is -0.123. The first kappa shape index (κ1) is 27.9. The number of anilines is 1. The first-order valence-corrected chi connectivity index (χ1v) is 13.9. The van der Waals surface area contributed by atoms with Gasteiger partial charge in [0.15, 0.2) is 0 Å². The second-order valence-electron chi connectivity index (χ2n) is 8.41. The van der Waals surface area contributed by atoms with E-state index in [1.807, 2.05) is 54.6 Å². The topological polar surface area (TPSA) is 59.1 Å². The third-order valence-electron chi connectivity index (χ3n) is 6.01. The summed E-state index contributed by atoms with van der Waals surface area (Å²) in [5.74, 6) is 0.918. The molecule has 4 rings (SSSR count). The molecule has 0 radical (unpaired) electrons. The number of thioether (sulfide) groups is 1. The van der Waals surface area contributed by atoms with Gasteiger partial charge in [0.1, 0.15) is 24.7 Å². The lowest BCUT2D eigenvalue weighted by Gasteiger charge is -2.22. The molecule has 0 spiro atoms. The van der Waals surface area contributed by atoms with Crippen molar-refractivity contribution in [2.24, 2.45) is 0 Å². The standard InChI is InChI=1S/C29H28Cl2N2O4S/c1-3-32(4-2)23-13-11-20(26(18-23)37-19-21-10-12-22(30)17-25(21)31)16-27-28(34)33(29(35)38-27)14-15-36-24-8-6-5-7-9-24/h5-13,16-18H,3-4,14-15,19H2,1-2H3/b27-16-. The Morgan fingerprint density at radius 3 is 2.42 bits per heavy atom. The zero-order chi connectivity index (χ0) is 27.1. The minimum absolute atomic E-state index is 0.163. The number of halogens is 2. The van der Waals surface area contributed by atoms with Crippen LogP contribution in [-0.4, -0.2) is 42.3 Å². The van der Waals surface area contributed by atoms with Crippen LogP contribution in [0.5, 0.6) is 11.5 Å². The normalized spacial score (nSPS) is 14.3. The molecule has 38 heavy (non-hydrogen) atoms. The number of imide groups is 1. The molecule has 0 unspecified atom stereocenters. The number of amides is 2. The van der Waals surface area contributed by atoms with Crippen LogP contribution in [0.1, 0.15) is 25.0 Å². The van der Waals surface area contributed by atoms with Crippen molar-refractivity contribution >= 4 is 57.9 Å². The number of hydrogen-bond donors (Lipinski definition) is 0. The van der Waals surface area contributed by atoms with E-state index in [0.29, 0.717) is 32.0 Å². The molecular weight excluding hydrogens is 543 g/mol. The zero-order valence-electron chi connectivity index (χ0n) is 21.2. The second kappa shape index (κ2) is 13.1. The van der Waals surface area contributed by atoms with Gasteiger partial charge in [0, 0.05) is 46.0 Å². The molecule has 6 nitrogen and oxygen atoms in total. The van der Waals surface area contributed by atoms with Crippen molar-refractivity contribution in [3.63, 3.8) is 0 Å². The van der Waals surface area contributed by atoms with Crippen LogP contribution in [0, 0.1) is 0 Å². The monoisotopic (exact) mass is 570 g/mol. The first-order chi connectivity index (χ1) is 18.4. The molecule has 1 fully saturated rings. The minimum Gasteiger partial charge on any atom is -0.492 e. The Bertz CT molecular complexity index is 1330. The molecule has 0 aromatic heterocycles. The Hall–Kier alpha value is -3.13. The summed E-state index contributed by atoms with van der Waals surface area (Å²) in [5, 5.41) is 0.735. The molecule has 0 saturated carbocycles. The number of benzene rings is 3. The van der Waals surface area contributed by atoms with Crippen LogP contribution in [0.2, 0.25) is 10.0 Å². The first-order valence-electron chi connectivity index (χ1n) is 12.3. The number of para-hydroxylation sites is 1. The van der Waals surface area contributed by atoms with Crippen LogP contribution in [0.4, 0.5) is 10.5 Å². The van der Waals surface area contributed by atoms with E-state index in [4.69, 9.17) is 32.7 Å². The number of carbonyl (C=O) groups excluding carboxylic acids is 2. The molecule has 2 amide bonds. The molecule has 0 N–H and O–H groups in total. The van der Waals surface area contributed by atoms with Gasteiger partial charge < -0.3 is 14.4 Å². The third-order valence-corrected chi connectivity index (χ3v) is 7.51. The largest absolute Gasteiger partial charge is 0.492 e. The maximum atomic E-state index is 13.1. The molecule has 0 aliphatic carbocycles. The summed E-state index contributed by atoms with van der Waals surface area (Å²) in [5.41, 5.74) is 2.47. The molecule has 3 aromatic rings. The van der Waals surface area contributed by atoms with Gasteiger partial charge in [-0.05, 0) is 68.1 Å². The summed E-state index contributed by atoms with van der Waals surface area (Å²) in [6.07, 6.45) is 1.70. The van der Waals surface area contributed by atoms with E-state index in [-0.39, 0.29) is 30.9 Å². The van der Waals surface area contributed by atoms with Crippen molar-refractivity contribution in [3.8, 4) is 11.5 Å². The molecule has 0 atom stereocenters. The van der Waals surface area contributed by atoms with E-state index in [2.05, 4.69) is 18.7 Å². The van der Waals surface area contributed by atoms with Crippen LogP contribution in [0.15, 0.2) is 71.6 Å². The van der Waals surface area contributed by atoms with E-state index in [9.17, 15) is 9.59 Å². The average Bonchev–Trinajstić information content (AvgIpc) is 3.18. The second-order valence-corrected chi connectivity index (χ2v) is 10.3. The fraction of sp³-hybridized carbons (Fsp3) is 0.241. The highest BCUT2D eigenvalue weighted by atomic mass is 35.5. The summed E-state index contributed by atoms with van der Waals surface area (Å²) in [7, 11) is 0. The Balaban J connectivity index is 1.54. The van der Waals surface area contributed by atoms with Gasteiger partial charge in [-0.15, -0.1) is 0 Å². The highest BCUT2D eigenvalue weighted by Gasteiger charge is 2.35. The fourth-order valence-corrected chi connectivity index (χ4v) is 5.27. The molecule has 9 heteroatoms. The fourth-order valence-electron chi connectivity index (χ4n) is 3.95. The summed E-state index contributed by atoms with van der Waals surface area (Å²) in [6, 6.07) is 20.4. The van der Waals surface area contributed by atoms with Crippen LogP contribution < -0.4 is 14.4 Å². The van der Waals surface area contributed by atoms with Gasteiger partial charge in [0.25, 0.3) is 11.1 Å². The SMILES string of the molecule is CCN(CC)c1ccc(/C=C2\SC(=O)N(CCOc3ccccc3)C2=O)c(OCc2ccc(Cl)cc2Cl)c1. The minimum atomic E-state index is -0.351. The van der Waals surface area contributed by atoms with Crippen LogP contribution in [0.3, 0.4) is 0 Å². The zero-order valence-corrected chi connectivity index (χ0v) is 23.5.